The third-order valence-corrected chi connectivity index (χ3v) is 2.48. The van der Waals surface area contributed by atoms with Gasteiger partial charge in [-0.25, -0.2) is 4.39 Å². The minimum absolute atomic E-state index is 0.0467. The second kappa shape index (κ2) is 6.58. The van der Waals surface area contributed by atoms with Crippen LogP contribution in [0.15, 0.2) is 24.3 Å². The molecule has 16 heavy (non-hydrogen) atoms. The van der Waals surface area contributed by atoms with Crippen molar-refractivity contribution in [2.24, 2.45) is 5.73 Å². The van der Waals surface area contributed by atoms with Crippen molar-refractivity contribution < 1.29 is 9.13 Å². The van der Waals surface area contributed by atoms with Crippen molar-refractivity contribution in [2.75, 3.05) is 27.2 Å². The van der Waals surface area contributed by atoms with E-state index in [0.717, 1.165) is 18.7 Å². The molecule has 0 heterocycles. The van der Waals surface area contributed by atoms with Gasteiger partial charge in [0.2, 0.25) is 0 Å². The van der Waals surface area contributed by atoms with Gasteiger partial charge in [0.25, 0.3) is 0 Å². The van der Waals surface area contributed by atoms with Crippen LogP contribution in [0.2, 0.25) is 0 Å². The van der Waals surface area contributed by atoms with Crippen LogP contribution in [0.4, 0.5) is 4.39 Å². The summed E-state index contributed by atoms with van der Waals surface area (Å²) in [7, 11) is 3.65. The largest absolute Gasteiger partial charge is 0.379 e. The van der Waals surface area contributed by atoms with Gasteiger partial charge in [-0.15, -0.1) is 0 Å². The van der Waals surface area contributed by atoms with E-state index in [4.69, 9.17) is 10.5 Å². The molecule has 0 aliphatic rings. The van der Waals surface area contributed by atoms with Gasteiger partial charge in [-0.2, -0.15) is 0 Å². The maximum absolute atomic E-state index is 12.7. The number of nitrogens with zero attached hydrogens (tertiary/aromatic N) is 1. The first-order valence-corrected chi connectivity index (χ1v) is 5.31. The number of ether oxygens (including phenoxy) is 1. The fraction of sp³-hybridized carbons (Fsp3) is 0.500. The van der Waals surface area contributed by atoms with Crippen molar-refractivity contribution in [3.8, 4) is 0 Å². The molecule has 90 valence electrons. The molecule has 1 rings (SSSR count). The summed E-state index contributed by atoms with van der Waals surface area (Å²) in [6, 6.07) is 6.52. The molecule has 0 amide bonds. The topological polar surface area (TPSA) is 38.5 Å². The molecule has 1 atom stereocenters. The Kier molecular flexibility index (Phi) is 5.38. The summed E-state index contributed by atoms with van der Waals surface area (Å²) in [6.45, 7) is 2.04. The summed E-state index contributed by atoms with van der Waals surface area (Å²) < 4.78 is 17.9. The number of benzene rings is 1. The highest BCUT2D eigenvalue weighted by Crippen LogP contribution is 2.06. The van der Waals surface area contributed by atoms with Crippen molar-refractivity contribution in [2.45, 2.75) is 12.6 Å². The highest BCUT2D eigenvalue weighted by molar-refractivity contribution is 5.15. The van der Waals surface area contributed by atoms with Gasteiger partial charge in [0.1, 0.15) is 5.82 Å². The molecule has 0 spiro atoms. The molecule has 0 aromatic heterocycles. The van der Waals surface area contributed by atoms with E-state index >= 15 is 0 Å². The van der Waals surface area contributed by atoms with E-state index in [0.29, 0.717) is 6.54 Å². The van der Waals surface area contributed by atoms with Crippen LogP contribution in [0.1, 0.15) is 5.56 Å². The minimum atomic E-state index is -0.205. The Labute approximate surface area is 96.0 Å². The molecule has 0 saturated carbocycles. The molecule has 4 heteroatoms. The first-order chi connectivity index (χ1) is 7.65. The zero-order chi connectivity index (χ0) is 12.0. The molecule has 3 nitrogen and oxygen atoms in total. The normalized spacial score (nSPS) is 13.1. The molecule has 1 unspecified atom stereocenters. The Morgan fingerprint density at radius 3 is 2.50 bits per heavy atom. The van der Waals surface area contributed by atoms with E-state index in [2.05, 4.69) is 4.90 Å². The molecule has 0 radical (unpaired) electrons. The highest BCUT2D eigenvalue weighted by Gasteiger charge is 2.08. The number of methoxy groups -OCH3 is 1. The maximum atomic E-state index is 12.7. The molecule has 0 aliphatic carbocycles. The van der Waals surface area contributed by atoms with Crippen molar-refractivity contribution in [3.63, 3.8) is 0 Å². The second-order valence-corrected chi connectivity index (χ2v) is 3.92. The van der Waals surface area contributed by atoms with Gasteiger partial charge in [-0.05, 0) is 24.7 Å². The van der Waals surface area contributed by atoms with Gasteiger partial charge in [-0.1, -0.05) is 12.1 Å². The van der Waals surface area contributed by atoms with Crippen LogP contribution >= 0.6 is 0 Å². The Morgan fingerprint density at radius 2 is 2.00 bits per heavy atom. The third kappa shape index (κ3) is 4.26. The smallest absolute Gasteiger partial charge is 0.123 e. The van der Waals surface area contributed by atoms with Crippen LogP contribution < -0.4 is 5.73 Å². The van der Waals surface area contributed by atoms with E-state index in [1.807, 2.05) is 7.05 Å². The van der Waals surface area contributed by atoms with Crippen LogP contribution in [-0.2, 0) is 11.3 Å². The van der Waals surface area contributed by atoms with Crippen LogP contribution in [0, 0.1) is 5.82 Å². The van der Waals surface area contributed by atoms with Gasteiger partial charge in [-0.3, -0.25) is 4.90 Å². The lowest BCUT2D eigenvalue weighted by Gasteiger charge is -2.22. The SMILES string of the molecule is COC(CN)CN(C)Cc1ccc(F)cc1. The van der Waals surface area contributed by atoms with Crippen molar-refractivity contribution in [1.82, 2.24) is 4.90 Å². The Morgan fingerprint density at radius 1 is 1.38 bits per heavy atom. The average molecular weight is 226 g/mol. The molecule has 2 N–H and O–H groups in total. The predicted octanol–water partition coefficient (Wildman–Crippen LogP) is 1.23. The van der Waals surface area contributed by atoms with Crippen molar-refractivity contribution >= 4 is 0 Å². The first kappa shape index (κ1) is 13.1. The minimum Gasteiger partial charge on any atom is -0.379 e. The fourth-order valence-corrected chi connectivity index (χ4v) is 1.56. The Bertz CT molecular complexity index is 298. The summed E-state index contributed by atoms with van der Waals surface area (Å²) in [5.74, 6) is -0.205. The van der Waals surface area contributed by atoms with Gasteiger partial charge < -0.3 is 10.5 Å². The zero-order valence-corrected chi connectivity index (χ0v) is 9.82. The Hall–Kier alpha value is -0.970. The van der Waals surface area contributed by atoms with E-state index in [1.54, 1.807) is 19.2 Å². The number of halogens is 1. The predicted molar refractivity (Wildman–Crippen MR) is 62.6 cm³/mol. The second-order valence-electron chi connectivity index (χ2n) is 3.92. The van der Waals surface area contributed by atoms with Gasteiger partial charge in [0, 0.05) is 26.7 Å². The summed E-state index contributed by atoms with van der Waals surface area (Å²) in [4.78, 5) is 2.11. The summed E-state index contributed by atoms with van der Waals surface area (Å²) >= 11 is 0. The van der Waals surface area contributed by atoms with E-state index in [1.165, 1.54) is 12.1 Å². The summed E-state index contributed by atoms with van der Waals surface area (Å²) in [5.41, 5.74) is 6.62. The monoisotopic (exact) mass is 226 g/mol. The van der Waals surface area contributed by atoms with E-state index in [-0.39, 0.29) is 11.9 Å². The standard InChI is InChI=1S/C12H19FN2O/c1-15(9-12(7-14)16-2)8-10-3-5-11(13)6-4-10/h3-6,12H,7-9,14H2,1-2H3. The molecule has 1 aromatic carbocycles. The third-order valence-electron chi connectivity index (χ3n) is 2.48. The van der Waals surface area contributed by atoms with Gasteiger partial charge in [0.05, 0.1) is 6.10 Å². The molecule has 0 fully saturated rings. The Balaban J connectivity index is 2.44. The highest BCUT2D eigenvalue weighted by atomic mass is 19.1. The molecular weight excluding hydrogens is 207 g/mol. The summed E-state index contributed by atoms with van der Waals surface area (Å²) in [5, 5.41) is 0. The van der Waals surface area contributed by atoms with Crippen LogP contribution in [0.3, 0.4) is 0 Å². The molecule has 1 aromatic rings. The van der Waals surface area contributed by atoms with Gasteiger partial charge >= 0.3 is 0 Å². The average Bonchev–Trinajstić information content (AvgIpc) is 2.29. The number of hydrogen-bond donors (Lipinski definition) is 1. The van der Waals surface area contributed by atoms with Crippen LogP contribution in [-0.4, -0.2) is 38.3 Å². The van der Waals surface area contributed by atoms with E-state index < -0.39 is 0 Å². The van der Waals surface area contributed by atoms with Crippen LogP contribution in [0.5, 0.6) is 0 Å². The lowest BCUT2D eigenvalue weighted by molar-refractivity contribution is 0.0761. The summed E-state index contributed by atoms with van der Waals surface area (Å²) in [6.07, 6.45) is 0.0467. The molecular formula is C12H19FN2O. The van der Waals surface area contributed by atoms with Crippen molar-refractivity contribution in [1.29, 1.82) is 0 Å². The fourth-order valence-electron chi connectivity index (χ4n) is 1.56. The lowest BCUT2D eigenvalue weighted by Crippen LogP contribution is -2.35. The first-order valence-electron chi connectivity index (χ1n) is 5.31. The van der Waals surface area contributed by atoms with Crippen LogP contribution in [0.25, 0.3) is 0 Å². The van der Waals surface area contributed by atoms with E-state index in [9.17, 15) is 4.39 Å². The zero-order valence-electron chi connectivity index (χ0n) is 9.82. The molecule has 0 aliphatic heterocycles. The number of rotatable bonds is 6. The van der Waals surface area contributed by atoms with Crippen molar-refractivity contribution in [3.05, 3.63) is 35.6 Å². The van der Waals surface area contributed by atoms with Gasteiger partial charge in [0.15, 0.2) is 0 Å². The lowest BCUT2D eigenvalue weighted by atomic mass is 10.2. The number of hydrogen-bond acceptors (Lipinski definition) is 3. The molecule has 0 bridgehead atoms. The molecule has 0 saturated heterocycles. The number of likely N-dealkylation sites (N-methyl/N-ethyl adjacent to an activating group) is 1. The quantitative estimate of drug-likeness (QED) is 0.793. The maximum Gasteiger partial charge on any atom is 0.123 e. The number of nitrogens with two attached hydrogens (primary N) is 1.